The summed E-state index contributed by atoms with van der Waals surface area (Å²) in [6, 6.07) is 17.9. The zero-order valence-corrected chi connectivity index (χ0v) is 17.2. The van der Waals surface area contributed by atoms with E-state index in [1.807, 2.05) is 42.5 Å². The van der Waals surface area contributed by atoms with Crippen molar-refractivity contribution in [3.05, 3.63) is 60.2 Å². The molecule has 0 radical (unpaired) electrons. The van der Waals surface area contributed by atoms with Crippen LogP contribution in [0.1, 0.15) is 23.2 Å². The van der Waals surface area contributed by atoms with Crippen molar-refractivity contribution in [1.29, 1.82) is 0 Å². The minimum Gasteiger partial charge on any atom is -0.384 e. The van der Waals surface area contributed by atoms with Crippen molar-refractivity contribution >= 4 is 30.1 Å². The summed E-state index contributed by atoms with van der Waals surface area (Å²) in [6.07, 6.45) is 2.03. The topological polar surface area (TPSA) is 50.4 Å². The summed E-state index contributed by atoms with van der Waals surface area (Å²) in [5.41, 5.74) is 0.750. The minimum atomic E-state index is -0.0157. The average molecular weight is 407 g/mol. The number of carbonyl (C=O) groups excluding carboxylic acids is 1. The molecule has 0 unspecified atom stereocenters. The Morgan fingerprint density at radius 1 is 1.11 bits per heavy atom. The van der Waals surface area contributed by atoms with Gasteiger partial charge in [0, 0.05) is 28.9 Å². The molecule has 0 aliphatic carbocycles. The van der Waals surface area contributed by atoms with E-state index in [0.717, 1.165) is 41.3 Å². The summed E-state index contributed by atoms with van der Waals surface area (Å²) in [6.45, 7) is 3.26. The zero-order valence-electron chi connectivity index (χ0n) is 15.6. The monoisotopic (exact) mass is 406 g/mol. The lowest BCUT2D eigenvalue weighted by Gasteiger charge is -2.37. The highest BCUT2D eigenvalue weighted by Gasteiger charge is 2.32. The van der Waals surface area contributed by atoms with E-state index in [2.05, 4.69) is 22.8 Å². The molecule has 1 aliphatic rings. The Bertz CT molecular complexity index is 716. The molecule has 0 atom stereocenters. The maximum atomic E-state index is 12.9. The zero-order chi connectivity index (χ0) is 18.2. The van der Waals surface area contributed by atoms with Crippen LogP contribution >= 0.6 is 24.2 Å². The van der Waals surface area contributed by atoms with Gasteiger partial charge >= 0.3 is 0 Å². The van der Waals surface area contributed by atoms with Crippen LogP contribution in [0.4, 0.5) is 0 Å². The van der Waals surface area contributed by atoms with E-state index in [-0.39, 0.29) is 23.7 Å². The first-order valence-corrected chi connectivity index (χ1v) is 9.84. The SMILES string of the molecule is COCC1(CNC(=O)c2ccccc2Sc2ccccc2)CCNCC1.Cl. The molecule has 146 valence electrons. The van der Waals surface area contributed by atoms with E-state index in [9.17, 15) is 4.79 Å². The van der Waals surface area contributed by atoms with Gasteiger partial charge in [0.2, 0.25) is 0 Å². The Morgan fingerprint density at radius 2 is 1.78 bits per heavy atom. The molecule has 4 nitrogen and oxygen atoms in total. The number of hydrogen-bond acceptors (Lipinski definition) is 4. The van der Waals surface area contributed by atoms with Gasteiger partial charge in [-0.3, -0.25) is 4.79 Å². The molecule has 2 N–H and O–H groups in total. The molecule has 1 amide bonds. The standard InChI is InChI=1S/C21H26N2O2S.ClH/c1-25-16-21(11-13-22-14-12-21)15-23-20(24)18-9-5-6-10-19(18)26-17-7-3-2-4-8-17;/h2-10,22H,11-16H2,1H3,(H,23,24);1H. The Kier molecular flexibility index (Phi) is 8.64. The third kappa shape index (κ3) is 5.98. The van der Waals surface area contributed by atoms with Crippen molar-refractivity contribution in [3.8, 4) is 0 Å². The minimum absolute atomic E-state index is 0. The van der Waals surface area contributed by atoms with Crippen LogP contribution in [-0.4, -0.2) is 39.3 Å². The number of ether oxygens (including phenoxy) is 1. The molecule has 0 spiro atoms. The first kappa shape index (κ1) is 21.8. The fourth-order valence-corrected chi connectivity index (χ4v) is 4.32. The summed E-state index contributed by atoms with van der Waals surface area (Å²) >= 11 is 1.62. The van der Waals surface area contributed by atoms with E-state index in [0.29, 0.717) is 13.2 Å². The van der Waals surface area contributed by atoms with Gasteiger partial charge in [0.25, 0.3) is 5.91 Å². The second-order valence-electron chi connectivity index (χ2n) is 6.78. The molecule has 1 aliphatic heterocycles. The number of carbonyl (C=O) groups is 1. The van der Waals surface area contributed by atoms with Gasteiger partial charge in [-0.2, -0.15) is 0 Å². The van der Waals surface area contributed by atoms with Crippen LogP contribution in [0.5, 0.6) is 0 Å². The van der Waals surface area contributed by atoms with Crippen LogP contribution in [-0.2, 0) is 4.74 Å². The lowest BCUT2D eigenvalue weighted by atomic mass is 9.79. The second-order valence-corrected chi connectivity index (χ2v) is 7.89. The molecular formula is C21H27ClN2O2S. The van der Waals surface area contributed by atoms with E-state index in [1.54, 1.807) is 18.9 Å². The van der Waals surface area contributed by atoms with Crippen molar-refractivity contribution in [2.24, 2.45) is 5.41 Å². The van der Waals surface area contributed by atoms with Gasteiger partial charge in [-0.15, -0.1) is 12.4 Å². The summed E-state index contributed by atoms with van der Waals surface area (Å²) < 4.78 is 5.44. The molecule has 1 fully saturated rings. The molecule has 0 bridgehead atoms. The molecule has 2 aromatic rings. The Morgan fingerprint density at radius 3 is 2.48 bits per heavy atom. The van der Waals surface area contributed by atoms with Crippen molar-refractivity contribution in [3.63, 3.8) is 0 Å². The Hall–Kier alpha value is -1.53. The maximum Gasteiger partial charge on any atom is 0.252 e. The van der Waals surface area contributed by atoms with Gasteiger partial charge in [0.15, 0.2) is 0 Å². The van der Waals surface area contributed by atoms with E-state index >= 15 is 0 Å². The molecule has 27 heavy (non-hydrogen) atoms. The van der Waals surface area contributed by atoms with E-state index in [4.69, 9.17) is 4.74 Å². The molecule has 1 saturated heterocycles. The number of halogens is 1. The largest absolute Gasteiger partial charge is 0.384 e. The third-order valence-corrected chi connectivity index (χ3v) is 5.93. The molecule has 3 rings (SSSR count). The fraction of sp³-hybridized carbons (Fsp3) is 0.381. The van der Waals surface area contributed by atoms with Crippen LogP contribution in [0.25, 0.3) is 0 Å². The number of piperidine rings is 1. The number of rotatable bonds is 7. The van der Waals surface area contributed by atoms with Crippen LogP contribution in [0.2, 0.25) is 0 Å². The van der Waals surface area contributed by atoms with Gasteiger partial charge in [-0.05, 0) is 50.2 Å². The van der Waals surface area contributed by atoms with Crippen molar-refractivity contribution in [2.45, 2.75) is 22.6 Å². The number of benzene rings is 2. The molecule has 2 aromatic carbocycles. The summed E-state index contributed by atoms with van der Waals surface area (Å²) in [4.78, 5) is 15.0. The number of amides is 1. The Balaban J connectivity index is 0.00000261. The lowest BCUT2D eigenvalue weighted by molar-refractivity contribution is 0.0511. The molecule has 0 saturated carbocycles. The molecular weight excluding hydrogens is 380 g/mol. The fourth-order valence-electron chi connectivity index (χ4n) is 3.36. The summed E-state index contributed by atoms with van der Waals surface area (Å²) in [5.74, 6) is -0.0157. The highest BCUT2D eigenvalue weighted by atomic mass is 35.5. The summed E-state index contributed by atoms with van der Waals surface area (Å²) in [5, 5.41) is 6.54. The molecule has 6 heteroatoms. The average Bonchev–Trinajstić information content (AvgIpc) is 2.68. The van der Waals surface area contributed by atoms with E-state index < -0.39 is 0 Å². The van der Waals surface area contributed by atoms with Crippen LogP contribution in [0, 0.1) is 5.41 Å². The predicted octanol–water partition coefficient (Wildman–Crippen LogP) is 4.01. The van der Waals surface area contributed by atoms with E-state index in [1.165, 1.54) is 0 Å². The van der Waals surface area contributed by atoms with Gasteiger partial charge < -0.3 is 15.4 Å². The first-order valence-electron chi connectivity index (χ1n) is 9.02. The molecule has 1 heterocycles. The number of nitrogens with one attached hydrogen (secondary N) is 2. The maximum absolute atomic E-state index is 12.9. The van der Waals surface area contributed by atoms with Crippen LogP contribution in [0.15, 0.2) is 64.4 Å². The summed E-state index contributed by atoms with van der Waals surface area (Å²) in [7, 11) is 1.73. The van der Waals surface area contributed by atoms with Crippen molar-refractivity contribution < 1.29 is 9.53 Å². The highest BCUT2D eigenvalue weighted by Crippen LogP contribution is 2.31. The van der Waals surface area contributed by atoms with Gasteiger partial charge in [0.05, 0.1) is 12.2 Å². The van der Waals surface area contributed by atoms with Crippen LogP contribution in [0.3, 0.4) is 0 Å². The first-order chi connectivity index (χ1) is 12.7. The smallest absolute Gasteiger partial charge is 0.252 e. The number of hydrogen-bond donors (Lipinski definition) is 2. The number of methoxy groups -OCH3 is 1. The van der Waals surface area contributed by atoms with Crippen molar-refractivity contribution in [2.75, 3.05) is 33.4 Å². The van der Waals surface area contributed by atoms with Gasteiger partial charge in [-0.1, -0.05) is 42.1 Å². The Labute approximate surface area is 171 Å². The second kappa shape index (κ2) is 10.7. The normalized spacial score (nSPS) is 15.6. The molecule has 0 aromatic heterocycles. The van der Waals surface area contributed by atoms with Gasteiger partial charge in [-0.25, -0.2) is 0 Å². The van der Waals surface area contributed by atoms with Gasteiger partial charge in [0.1, 0.15) is 0 Å². The van der Waals surface area contributed by atoms with Crippen molar-refractivity contribution in [1.82, 2.24) is 10.6 Å². The lowest BCUT2D eigenvalue weighted by Crippen LogP contribution is -2.47. The third-order valence-electron chi connectivity index (χ3n) is 4.84. The highest BCUT2D eigenvalue weighted by molar-refractivity contribution is 7.99. The quantitative estimate of drug-likeness (QED) is 0.729. The van der Waals surface area contributed by atoms with Crippen LogP contribution < -0.4 is 10.6 Å². The predicted molar refractivity (Wildman–Crippen MR) is 113 cm³/mol.